The van der Waals surface area contributed by atoms with Crippen LogP contribution in [0.4, 0.5) is 11.5 Å². The fourth-order valence-electron chi connectivity index (χ4n) is 3.36. The van der Waals surface area contributed by atoms with Gasteiger partial charge in [-0.2, -0.15) is 5.10 Å². The highest BCUT2D eigenvalue weighted by Gasteiger charge is 2.22. The Labute approximate surface area is 148 Å². The molecule has 0 saturated heterocycles. The van der Waals surface area contributed by atoms with Crippen LogP contribution in [0, 0.1) is 0 Å². The van der Waals surface area contributed by atoms with Gasteiger partial charge >= 0.3 is 0 Å². The first kappa shape index (κ1) is 15.7. The van der Waals surface area contributed by atoms with E-state index in [0.717, 1.165) is 31.9 Å². The molecule has 0 spiro atoms. The molecule has 1 atom stereocenters. The standard InChI is InChI=1S/C20H23N5/c1-16(9-13-25-12-5-11-22-25)23-19-7-4-6-17-14-24(15-18(17)19)20-8-2-3-10-21-20/h2-8,10-12,16,23H,9,13-15H2,1H3. The second-order valence-corrected chi connectivity index (χ2v) is 6.59. The molecule has 0 radical (unpaired) electrons. The summed E-state index contributed by atoms with van der Waals surface area (Å²) in [6.07, 6.45) is 6.73. The summed E-state index contributed by atoms with van der Waals surface area (Å²) in [5.74, 6) is 1.04. The Morgan fingerprint density at radius 1 is 1.08 bits per heavy atom. The fraction of sp³-hybridized carbons (Fsp3) is 0.300. The number of nitrogens with zero attached hydrogens (tertiary/aromatic N) is 4. The van der Waals surface area contributed by atoms with E-state index >= 15 is 0 Å². The fourth-order valence-corrected chi connectivity index (χ4v) is 3.36. The quantitative estimate of drug-likeness (QED) is 0.747. The number of rotatable bonds is 6. The number of aryl methyl sites for hydroxylation is 1. The Bertz CT molecular complexity index is 813. The number of benzene rings is 1. The summed E-state index contributed by atoms with van der Waals surface area (Å²) in [5, 5.41) is 7.96. The minimum atomic E-state index is 0.389. The van der Waals surface area contributed by atoms with E-state index in [1.165, 1.54) is 16.8 Å². The molecule has 0 bridgehead atoms. The van der Waals surface area contributed by atoms with E-state index in [1.54, 1.807) is 0 Å². The third-order valence-corrected chi connectivity index (χ3v) is 4.71. The van der Waals surface area contributed by atoms with Crippen molar-refractivity contribution >= 4 is 11.5 Å². The predicted octanol–water partition coefficient (Wildman–Crippen LogP) is 3.69. The summed E-state index contributed by atoms with van der Waals surface area (Å²) in [7, 11) is 0. The van der Waals surface area contributed by atoms with Crippen LogP contribution in [-0.2, 0) is 19.6 Å². The highest BCUT2D eigenvalue weighted by Crippen LogP contribution is 2.32. The second-order valence-electron chi connectivity index (χ2n) is 6.59. The van der Waals surface area contributed by atoms with Crippen molar-refractivity contribution in [3.05, 3.63) is 72.2 Å². The lowest BCUT2D eigenvalue weighted by molar-refractivity contribution is 0.545. The molecule has 4 rings (SSSR count). The van der Waals surface area contributed by atoms with Crippen molar-refractivity contribution in [1.29, 1.82) is 0 Å². The van der Waals surface area contributed by atoms with Gasteiger partial charge in [-0.25, -0.2) is 4.98 Å². The zero-order chi connectivity index (χ0) is 17.1. The molecule has 1 aliphatic heterocycles. The van der Waals surface area contributed by atoms with Crippen molar-refractivity contribution in [3.63, 3.8) is 0 Å². The molecule has 25 heavy (non-hydrogen) atoms. The summed E-state index contributed by atoms with van der Waals surface area (Å²) in [5.41, 5.74) is 4.01. The molecule has 1 unspecified atom stereocenters. The first-order chi connectivity index (χ1) is 12.3. The van der Waals surface area contributed by atoms with Crippen molar-refractivity contribution < 1.29 is 0 Å². The largest absolute Gasteiger partial charge is 0.382 e. The molecule has 5 nitrogen and oxygen atoms in total. The molecule has 1 N–H and O–H groups in total. The van der Waals surface area contributed by atoms with Crippen LogP contribution >= 0.6 is 0 Å². The first-order valence-electron chi connectivity index (χ1n) is 8.80. The molecule has 0 saturated carbocycles. The molecule has 1 aliphatic rings. The highest BCUT2D eigenvalue weighted by atomic mass is 15.3. The first-order valence-corrected chi connectivity index (χ1v) is 8.80. The van der Waals surface area contributed by atoms with E-state index in [4.69, 9.17) is 0 Å². The average molecular weight is 333 g/mol. The van der Waals surface area contributed by atoms with E-state index in [0.29, 0.717) is 6.04 Å². The molecule has 5 heteroatoms. The van der Waals surface area contributed by atoms with E-state index in [-0.39, 0.29) is 0 Å². The minimum Gasteiger partial charge on any atom is -0.382 e. The van der Waals surface area contributed by atoms with Gasteiger partial charge in [-0.1, -0.05) is 18.2 Å². The van der Waals surface area contributed by atoms with E-state index in [9.17, 15) is 0 Å². The zero-order valence-electron chi connectivity index (χ0n) is 14.5. The summed E-state index contributed by atoms with van der Waals surface area (Å²) in [6.45, 7) is 4.98. The normalized spacial score (nSPS) is 14.4. The monoisotopic (exact) mass is 333 g/mol. The van der Waals surface area contributed by atoms with Crippen LogP contribution in [0.1, 0.15) is 24.5 Å². The van der Waals surface area contributed by atoms with Crippen LogP contribution in [-0.4, -0.2) is 20.8 Å². The molecule has 0 amide bonds. The third kappa shape index (κ3) is 3.50. The number of pyridine rings is 1. The van der Waals surface area contributed by atoms with Crippen LogP contribution in [0.3, 0.4) is 0 Å². The summed E-state index contributed by atoms with van der Waals surface area (Å²) < 4.78 is 1.98. The Kier molecular flexibility index (Phi) is 4.37. The van der Waals surface area contributed by atoms with E-state index in [2.05, 4.69) is 51.5 Å². The van der Waals surface area contributed by atoms with Gasteiger partial charge in [0, 0.05) is 50.0 Å². The molecule has 1 aromatic carbocycles. The van der Waals surface area contributed by atoms with Crippen LogP contribution in [0.15, 0.2) is 61.1 Å². The number of hydrogen-bond donors (Lipinski definition) is 1. The maximum atomic E-state index is 4.49. The third-order valence-electron chi connectivity index (χ3n) is 4.71. The second kappa shape index (κ2) is 6.97. The van der Waals surface area contributed by atoms with Crippen molar-refractivity contribution in [3.8, 4) is 0 Å². The van der Waals surface area contributed by atoms with E-state index in [1.807, 2.05) is 41.5 Å². The Hall–Kier alpha value is -2.82. The molecule has 3 heterocycles. The minimum absolute atomic E-state index is 0.389. The molecule has 3 aromatic rings. The van der Waals surface area contributed by atoms with Gasteiger partial charge in [-0.3, -0.25) is 4.68 Å². The summed E-state index contributed by atoms with van der Waals surface area (Å²) in [4.78, 5) is 6.81. The maximum Gasteiger partial charge on any atom is 0.129 e. The SMILES string of the molecule is CC(CCn1cccn1)Nc1cccc2c1CN(c1ccccn1)C2. The molecule has 0 aliphatic carbocycles. The average Bonchev–Trinajstić information content (AvgIpc) is 3.31. The lowest BCUT2D eigenvalue weighted by atomic mass is 10.1. The van der Waals surface area contributed by atoms with Crippen molar-refractivity contribution in [2.45, 2.75) is 39.0 Å². The zero-order valence-corrected chi connectivity index (χ0v) is 14.5. The Morgan fingerprint density at radius 2 is 2.04 bits per heavy atom. The number of nitrogens with one attached hydrogen (secondary N) is 1. The number of fused-ring (bicyclic) bond motifs is 1. The van der Waals surface area contributed by atoms with Crippen LogP contribution in [0.25, 0.3) is 0 Å². The maximum absolute atomic E-state index is 4.49. The molecule has 0 fully saturated rings. The summed E-state index contributed by atoms with van der Waals surface area (Å²) >= 11 is 0. The Balaban J connectivity index is 1.44. The van der Waals surface area contributed by atoms with Gasteiger partial charge < -0.3 is 10.2 Å². The van der Waals surface area contributed by atoms with Gasteiger partial charge in [-0.05, 0) is 48.7 Å². The van der Waals surface area contributed by atoms with Gasteiger partial charge in [0.1, 0.15) is 5.82 Å². The van der Waals surface area contributed by atoms with Gasteiger partial charge in [-0.15, -0.1) is 0 Å². The molecule has 2 aromatic heterocycles. The summed E-state index contributed by atoms with van der Waals surface area (Å²) in [6, 6.07) is 15.0. The van der Waals surface area contributed by atoms with Crippen LogP contribution in [0.2, 0.25) is 0 Å². The topological polar surface area (TPSA) is 46.0 Å². The smallest absolute Gasteiger partial charge is 0.129 e. The van der Waals surface area contributed by atoms with Crippen LogP contribution < -0.4 is 10.2 Å². The van der Waals surface area contributed by atoms with Crippen molar-refractivity contribution in [2.75, 3.05) is 10.2 Å². The van der Waals surface area contributed by atoms with E-state index < -0.39 is 0 Å². The predicted molar refractivity (Wildman–Crippen MR) is 100 cm³/mol. The number of aromatic nitrogens is 3. The molecular weight excluding hydrogens is 310 g/mol. The molecule has 128 valence electrons. The van der Waals surface area contributed by atoms with Crippen molar-refractivity contribution in [2.24, 2.45) is 0 Å². The van der Waals surface area contributed by atoms with Gasteiger partial charge in [0.05, 0.1) is 0 Å². The Morgan fingerprint density at radius 3 is 2.84 bits per heavy atom. The van der Waals surface area contributed by atoms with Crippen molar-refractivity contribution in [1.82, 2.24) is 14.8 Å². The van der Waals surface area contributed by atoms with Gasteiger partial charge in [0.25, 0.3) is 0 Å². The van der Waals surface area contributed by atoms with Gasteiger partial charge in [0.2, 0.25) is 0 Å². The highest BCUT2D eigenvalue weighted by molar-refractivity contribution is 5.60. The molecular formula is C20H23N5. The lowest BCUT2D eigenvalue weighted by Gasteiger charge is -2.19. The number of hydrogen-bond acceptors (Lipinski definition) is 4. The van der Waals surface area contributed by atoms with Gasteiger partial charge in [0.15, 0.2) is 0 Å². The van der Waals surface area contributed by atoms with Crippen LogP contribution in [0.5, 0.6) is 0 Å². The number of anilines is 2. The lowest BCUT2D eigenvalue weighted by Crippen LogP contribution is -2.19.